The number of nitrogens with zero attached hydrogens (tertiary/aromatic N) is 4. The first kappa shape index (κ1) is 17.6. The number of amides is 1. The van der Waals surface area contributed by atoms with Crippen LogP contribution < -0.4 is 5.32 Å². The summed E-state index contributed by atoms with van der Waals surface area (Å²) in [5, 5.41) is 18.4. The molecule has 0 fully saturated rings. The molecule has 3 aromatic rings. The summed E-state index contributed by atoms with van der Waals surface area (Å²) in [6, 6.07) is 9.44. The molecule has 0 aliphatic rings. The van der Waals surface area contributed by atoms with Crippen molar-refractivity contribution in [2.24, 2.45) is 0 Å². The fourth-order valence-electron chi connectivity index (χ4n) is 2.39. The van der Waals surface area contributed by atoms with Gasteiger partial charge in [-0.15, -0.1) is 0 Å². The zero-order chi connectivity index (χ0) is 18.5. The summed E-state index contributed by atoms with van der Waals surface area (Å²) in [6.45, 7) is 0.686. The first-order chi connectivity index (χ1) is 12.5. The van der Waals surface area contributed by atoms with Crippen molar-refractivity contribution in [2.75, 3.05) is 6.54 Å². The third-order valence-corrected chi connectivity index (χ3v) is 3.88. The normalized spacial score (nSPS) is 10.5. The monoisotopic (exact) mass is 371 g/mol. The minimum absolute atomic E-state index is 0.0690. The van der Waals surface area contributed by atoms with Crippen LogP contribution >= 0.6 is 11.6 Å². The smallest absolute Gasteiger partial charge is 0.282 e. The van der Waals surface area contributed by atoms with Gasteiger partial charge in [0.25, 0.3) is 11.6 Å². The van der Waals surface area contributed by atoms with Crippen molar-refractivity contribution in [3.05, 3.63) is 75.7 Å². The second-order valence-electron chi connectivity index (χ2n) is 5.37. The lowest BCUT2D eigenvalue weighted by atomic mass is 10.1. The highest BCUT2D eigenvalue weighted by Crippen LogP contribution is 2.22. The van der Waals surface area contributed by atoms with Gasteiger partial charge in [0.2, 0.25) is 0 Å². The average molecular weight is 372 g/mol. The van der Waals surface area contributed by atoms with Gasteiger partial charge in [-0.3, -0.25) is 24.6 Å². The van der Waals surface area contributed by atoms with Gasteiger partial charge in [-0.1, -0.05) is 11.6 Å². The summed E-state index contributed by atoms with van der Waals surface area (Å²) >= 11 is 5.84. The Kier molecular flexibility index (Phi) is 5.23. The van der Waals surface area contributed by atoms with Crippen molar-refractivity contribution in [1.82, 2.24) is 20.1 Å². The van der Waals surface area contributed by atoms with E-state index in [1.165, 1.54) is 18.2 Å². The van der Waals surface area contributed by atoms with E-state index in [0.717, 1.165) is 11.3 Å². The quantitative estimate of drug-likeness (QED) is 0.530. The van der Waals surface area contributed by atoms with E-state index in [1.54, 1.807) is 23.3 Å². The van der Waals surface area contributed by atoms with Crippen LogP contribution in [0.25, 0.3) is 11.3 Å². The molecule has 8 nitrogen and oxygen atoms in total. The highest BCUT2D eigenvalue weighted by atomic mass is 35.5. The van der Waals surface area contributed by atoms with Gasteiger partial charge >= 0.3 is 0 Å². The third-order valence-electron chi connectivity index (χ3n) is 3.64. The number of nitro benzene ring substituents is 1. The van der Waals surface area contributed by atoms with Crippen LogP contribution in [0.3, 0.4) is 0 Å². The number of carbonyl (C=O) groups is 1. The fraction of sp³-hybridized carbons (Fsp3) is 0.118. The minimum Gasteiger partial charge on any atom is -0.350 e. The lowest BCUT2D eigenvalue weighted by molar-refractivity contribution is -0.385. The molecule has 1 N–H and O–H groups in total. The second kappa shape index (κ2) is 7.75. The molecule has 26 heavy (non-hydrogen) atoms. The van der Waals surface area contributed by atoms with E-state index >= 15 is 0 Å². The predicted octanol–water partition coefficient (Wildman–Crippen LogP) is 2.94. The summed E-state index contributed by atoms with van der Waals surface area (Å²) in [7, 11) is 0. The Morgan fingerprint density at radius 1 is 1.23 bits per heavy atom. The number of halogens is 1. The Morgan fingerprint density at radius 2 is 2.00 bits per heavy atom. The van der Waals surface area contributed by atoms with E-state index < -0.39 is 10.8 Å². The van der Waals surface area contributed by atoms with Crippen molar-refractivity contribution < 1.29 is 9.72 Å². The van der Waals surface area contributed by atoms with Gasteiger partial charge in [0.1, 0.15) is 5.56 Å². The standard InChI is InChI=1S/C17H14ClN5O3/c18-13-1-2-16(23(25)26)14(11-13)17(24)20-8-10-22-9-5-15(21-22)12-3-6-19-7-4-12/h1-7,9,11H,8,10H2,(H,20,24). The molecule has 0 aliphatic carbocycles. The zero-order valence-electron chi connectivity index (χ0n) is 13.5. The molecular formula is C17H14ClN5O3. The number of nitro groups is 1. The zero-order valence-corrected chi connectivity index (χ0v) is 14.3. The van der Waals surface area contributed by atoms with Gasteiger partial charge in [-0.05, 0) is 30.3 Å². The van der Waals surface area contributed by atoms with E-state index in [0.29, 0.717) is 6.54 Å². The summed E-state index contributed by atoms with van der Waals surface area (Å²) in [5.41, 5.74) is 1.38. The summed E-state index contributed by atoms with van der Waals surface area (Å²) in [5.74, 6) is -0.555. The number of benzene rings is 1. The predicted molar refractivity (Wildman–Crippen MR) is 95.9 cm³/mol. The molecule has 132 valence electrons. The summed E-state index contributed by atoms with van der Waals surface area (Å²) in [6.07, 6.45) is 5.17. The van der Waals surface area contributed by atoms with Gasteiger partial charge in [0.05, 0.1) is 17.2 Å². The van der Waals surface area contributed by atoms with Crippen LogP contribution in [0.15, 0.2) is 55.0 Å². The van der Waals surface area contributed by atoms with E-state index in [2.05, 4.69) is 15.4 Å². The number of nitrogens with one attached hydrogen (secondary N) is 1. The highest BCUT2D eigenvalue weighted by Gasteiger charge is 2.20. The van der Waals surface area contributed by atoms with Crippen molar-refractivity contribution >= 4 is 23.2 Å². The Balaban J connectivity index is 1.62. The average Bonchev–Trinajstić information content (AvgIpc) is 3.11. The number of carbonyl (C=O) groups excluding carboxylic acids is 1. The molecule has 2 heterocycles. The molecule has 2 aromatic heterocycles. The Hall–Kier alpha value is -3.26. The van der Waals surface area contributed by atoms with Gasteiger partial charge in [0.15, 0.2) is 0 Å². The number of hydrogen-bond acceptors (Lipinski definition) is 5. The molecule has 1 amide bonds. The molecule has 0 spiro atoms. The molecule has 0 bridgehead atoms. The van der Waals surface area contributed by atoms with Gasteiger partial charge in [-0.2, -0.15) is 5.10 Å². The van der Waals surface area contributed by atoms with E-state index in [4.69, 9.17) is 11.6 Å². The van der Waals surface area contributed by atoms with Gasteiger partial charge < -0.3 is 5.32 Å². The van der Waals surface area contributed by atoms with Crippen LogP contribution in [0.5, 0.6) is 0 Å². The topological polar surface area (TPSA) is 103 Å². The van der Waals surface area contributed by atoms with Crippen LogP contribution in [0.1, 0.15) is 10.4 Å². The van der Waals surface area contributed by atoms with Crippen molar-refractivity contribution in [1.29, 1.82) is 0 Å². The molecule has 0 aliphatic heterocycles. The van der Waals surface area contributed by atoms with Gasteiger partial charge in [-0.25, -0.2) is 0 Å². The van der Waals surface area contributed by atoms with Crippen LogP contribution in [-0.2, 0) is 6.54 Å². The molecule has 3 rings (SSSR count). The van der Waals surface area contributed by atoms with Gasteiger partial charge in [0, 0.05) is 41.8 Å². The van der Waals surface area contributed by atoms with Crippen LogP contribution in [0.4, 0.5) is 5.69 Å². The molecule has 0 saturated carbocycles. The molecular weight excluding hydrogens is 358 g/mol. The van der Waals surface area contributed by atoms with Crippen molar-refractivity contribution in [3.8, 4) is 11.3 Å². The SMILES string of the molecule is O=C(NCCn1ccc(-c2ccncc2)n1)c1cc(Cl)ccc1[N+](=O)[O-]. The largest absolute Gasteiger partial charge is 0.350 e. The third kappa shape index (κ3) is 4.04. The lowest BCUT2D eigenvalue weighted by Gasteiger charge is -2.06. The van der Waals surface area contributed by atoms with Crippen molar-refractivity contribution in [3.63, 3.8) is 0 Å². The minimum atomic E-state index is -0.611. The number of pyridine rings is 1. The van der Waals surface area contributed by atoms with E-state index in [9.17, 15) is 14.9 Å². The first-order valence-corrected chi connectivity index (χ1v) is 8.08. The summed E-state index contributed by atoms with van der Waals surface area (Å²) < 4.78 is 1.68. The maximum absolute atomic E-state index is 12.2. The molecule has 1 aromatic carbocycles. The number of aromatic nitrogens is 3. The first-order valence-electron chi connectivity index (χ1n) is 7.70. The maximum Gasteiger partial charge on any atom is 0.282 e. The van der Waals surface area contributed by atoms with E-state index in [1.807, 2.05) is 18.2 Å². The molecule has 0 saturated heterocycles. The second-order valence-corrected chi connectivity index (χ2v) is 5.81. The molecule has 0 radical (unpaired) electrons. The molecule has 0 unspecified atom stereocenters. The highest BCUT2D eigenvalue weighted by molar-refractivity contribution is 6.31. The van der Waals surface area contributed by atoms with Crippen LogP contribution in [0, 0.1) is 10.1 Å². The Bertz CT molecular complexity index is 943. The van der Waals surface area contributed by atoms with Crippen LogP contribution in [-0.4, -0.2) is 32.1 Å². The Morgan fingerprint density at radius 3 is 2.73 bits per heavy atom. The molecule has 9 heteroatoms. The summed E-state index contributed by atoms with van der Waals surface area (Å²) in [4.78, 5) is 26.6. The number of hydrogen-bond donors (Lipinski definition) is 1. The molecule has 0 atom stereocenters. The number of rotatable bonds is 6. The van der Waals surface area contributed by atoms with Crippen LogP contribution in [0.2, 0.25) is 5.02 Å². The maximum atomic E-state index is 12.2. The van der Waals surface area contributed by atoms with E-state index in [-0.39, 0.29) is 22.8 Å². The lowest BCUT2D eigenvalue weighted by Crippen LogP contribution is -2.28. The fourth-order valence-corrected chi connectivity index (χ4v) is 2.56. The Labute approximate surface area is 153 Å². The van der Waals surface area contributed by atoms with Crippen molar-refractivity contribution in [2.45, 2.75) is 6.54 Å².